The third-order valence-corrected chi connectivity index (χ3v) is 8.75. The monoisotopic (exact) mass is 1340 g/mol. The third-order valence-electron chi connectivity index (χ3n) is 7.60. The van der Waals surface area contributed by atoms with Gasteiger partial charge in [-0.1, -0.05) is 46.7 Å². The summed E-state index contributed by atoms with van der Waals surface area (Å²) in [4.78, 5) is 47.7. The molecule has 96 heavy (non-hydrogen) atoms. The Morgan fingerprint density at radius 2 is 1.00 bits per heavy atom. The molecule has 18 heterocycles. The molecule has 0 N–H and O–H groups in total. The molecule has 14 aromatic rings. The van der Waals surface area contributed by atoms with E-state index in [0.717, 1.165) is 25.9 Å². The van der Waals surface area contributed by atoms with Gasteiger partial charge in [0.2, 0.25) is 19.2 Å². The maximum Gasteiger partial charge on any atom is 0.213 e. The van der Waals surface area contributed by atoms with Gasteiger partial charge in [0.1, 0.15) is 44.1 Å². The summed E-state index contributed by atoms with van der Waals surface area (Å²) in [7, 11) is 0. The lowest BCUT2D eigenvalue weighted by Crippen LogP contribution is -1.75. The normalized spacial score (nSPS) is 10.0. The van der Waals surface area contributed by atoms with Crippen molar-refractivity contribution in [2.24, 2.45) is 30.4 Å². The van der Waals surface area contributed by atoms with E-state index >= 15 is 0 Å². The number of nitrogens with zero attached hydrogens (tertiary/aromatic N) is 27. The van der Waals surface area contributed by atoms with E-state index in [1.807, 2.05) is 119 Å². The molecule has 0 atom stereocenters. The summed E-state index contributed by atoms with van der Waals surface area (Å²) in [5, 5.41) is 53.8. The molecule has 14 aromatic heterocycles. The Hall–Kier alpha value is -13.6. The number of furan rings is 1. The molecular weight excluding hydrogens is 1270 g/mol. The van der Waals surface area contributed by atoms with Crippen molar-refractivity contribution in [1.82, 2.24) is 106 Å². The Kier molecular flexibility index (Phi) is 65.0. The van der Waals surface area contributed by atoms with Crippen LogP contribution in [-0.4, -0.2) is 144 Å². The molecule has 0 fully saturated rings. The highest BCUT2D eigenvalue weighted by Crippen LogP contribution is 1.92. The standard InChI is InChI=1S/2C5H5N.2C4H4N2.2C4H5N.C4H4O.C4H4S.2C3H3N3.2C3H4N2.2C3H3NO.C3H3NS.3C2H2N2O/c2*1-2-4-6-5-3-1;1-2-6-4-3-5-1;1-2-4-6-5-3-1;4*1-2-4-5-3-1;1-4-2-6-3-5-1;1-2-5-6-3-4-1;2*1-2-4-5-3-1;1-2-5-3-4-1;1-2-4-5-3-1;1-2-5-3-4-1;1-3-4-2-5-1;1-3-2-5-4-1;1-2-5-4-3-1/h2*1-5H;2*1-4H;1,3-4H,2H2;1-3H,4H2;2*1-4H;2*1-3H;2-3H,1H2;1-2H,3H2;3*1-3H;3*1-2H. The van der Waals surface area contributed by atoms with Crippen molar-refractivity contribution in [1.29, 1.82) is 0 Å². The zero-order chi connectivity index (χ0) is 67.9. The van der Waals surface area contributed by atoms with Gasteiger partial charge in [-0.2, -0.15) is 47.1 Å². The molecule has 0 bridgehead atoms. The van der Waals surface area contributed by atoms with Crippen LogP contribution < -0.4 is 0 Å². The van der Waals surface area contributed by atoms with Gasteiger partial charge in [0, 0.05) is 135 Å². The Balaban J connectivity index is 0.000000508. The van der Waals surface area contributed by atoms with Crippen molar-refractivity contribution in [3.8, 4) is 0 Å². The summed E-state index contributed by atoms with van der Waals surface area (Å²) in [6.07, 6.45) is 66.8. The maximum atomic E-state index is 4.58. The number of allylic oxidation sites excluding steroid dienone is 2. The van der Waals surface area contributed by atoms with Crippen LogP contribution in [0.25, 0.3) is 0 Å². The van der Waals surface area contributed by atoms with Crippen LogP contribution >= 0.6 is 22.7 Å². The van der Waals surface area contributed by atoms with Crippen LogP contribution in [0.3, 0.4) is 0 Å². The van der Waals surface area contributed by atoms with E-state index in [1.54, 1.807) is 165 Å². The lowest BCUT2D eigenvalue weighted by molar-refractivity contribution is 0.393. The Morgan fingerprint density at radius 1 is 0.323 bits per heavy atom. The zero-order valence-electron chi connectivity index (χ0n) is 51.1. The summed E-state index contributed by atoms with van der Waals surface area (Å²) in [5.41, 5.74) is 1.79. The second-order valence-corrected chi connectivity index (χ2v) is 15.9. The largest absolute Gasteiger partial charge is 0.473 e. The first-order chi connectivity index (χ1) is 48.0. The number of hydrogen-bond donors (Lipinski definition) is 0. The van der Waals surface area contributed by atoms with Gasteiger partial charge in [0.25, 0.3) is 0 Å². The van der Waals surface area contributed by atoms with Gasteiger partial charge in [-0.05, 0) is 77.5 Å². The molecule has 0 amide bonds. The molecule has 0 radical (unpaired) electrons. The highest BCUT2D eigenvalue weighted by molar-refractivity contribution is 7.07. The molecule has 0 unspecified atom stereocenters. The van der Waals surface area contributed by atoms with Crippen molar-refractivity contribution in [2.75, 3.05) is 13.1 Å². The van der Waals surface area contributed by atoms with E-state index in [-0.39, 0.29) is 0 Å². The van der Waals surface area contributed by atoms with Crippen LogP contribution in [0, 0.1) is 0 Å². The number of thiazole rings is 1. The summed E-state index contributed by atoms with van der Waals surface area (Å²) in [6.45, 7) is 1.67. The molecule has 18 rings (SSSR count). The van der Waals surface area contributed by atoms with Crippen LogP contribution in [-0.2, 0) is 0 Å². The molecule has 0 aromatic carbocycles. The predicted molar refractivity (Wildman–Crippen MR) is 358 cm³/mol. The molecule has 0 saturated heterocycles. The van der Waals surface area contributed by atoms with Crippen LogP contribution in [0.2, 0.25) is 0 Å². The van der Waals surface area contributed by atoms with Crippen molar-refractivity contribution >= 4 is 47.5 Å². The summed E-state index contributed by atoms with van der Waals surface area (Å²) >= 11 is 3.31. The highest BCUT2D eigenvalue weighted by Gasteiger charge is 1.76. The lowest BCUT2D eigenvalue weighted by Gasteiger charge is -1.70. The summed E-state index contributed by atoms with van der Waals surface area (Å²) in [6, 6.07) is 24.5. The number of oxazole rings is 1. The van der Waals surface area contributed by atoms with Gasteiger partial charge in [-0.25, -0.2) is 29.9 Å². The van der Waals surface area contributed by atoms with Crippen molar-refractivity contribution < 1.29 is 26.8 Å². The van der Waals surface area contributed by atoms with Gasteiger partial charge in [-0.15, -0.1) is 31.7 Å². The van der Waals surface area contributed by atoms with E-state index in [4.69, 9.17) is 0 Å². The van der Waals surface area contributed by atoms with Gasteiger partial charge in [0.15, 0.2) is 12.7 Å². The van der Waals surface area contributed by atoms with E-state index in [0.29, 0.717) is 0 Å². The van der Waals surface area contributed by atoms with E-state index in [1.165, 1.54) is 88.4 Å². The fourth-order valence-corrected chi connectivity index (χ4v) is 4.82. The fourth-order valence-electron chi connectivity index (χ4n) is 4.01. The highest BCUT2D eigenvalue weighted by atomic mass is 32.1. The minimum Gasteiger partial charge on any atom is -0.473 e. The molecule has 0 saturated carbocycles. The van der Waals surface area contributed by atoms with E-state index in [9.17, 15) is 0 Å². The number of hydrogen-bond acceptors (Lipinski definition) is 35. The van der Waals surface area contributed by atoms with Crippen LogP contribution in [0.15, 0.2) is 382 Å². The molecular formula is C61H65N27O6S2. The SMILES string of the molecule is C1=CCN=C1.C1=CN=CC1.C1=CN=NC1.C1=NN=CC1.c1ccncc1.c1ccncc1.c1ccnnc1.c1ccoc1.c1ccsc1.c1cnccn1.c1cnncn1.c1cnoc1.c1cocn1.c1conn1.c1cscn1.c1ncncn1.c1ncon1.c1nnco1. The molecule has 0 aliphatic carbocycles. The van der Waals surface area contributed by atoms with Crippen LogP contribution in [0.1, 0.15) is 12.8 Å². The fraction of sp³-hybridized carbons (Fsp3) is 0.0656. The number of aromatic nitrogens is 21. The first-order valence-electron chi connectivity index (χ1n) is 27.1. The molecule has 33 nitrogen and oxygen atoms in total. The quantitative estimate of drug-likeness (QED) is 0.136. The molecule has 4 aliphatic rings. The topological polar surface area (TPSA) is 424 Å². The number of azo groups is 1. The Morgan fingerprint density at radius 3 is 1.18 bits per heavy atom. The van der Waals surface area contributed by atoms with Crippen LogP contribution in [0.4, 0.5) is 0 Å². The second kappa shape index (κ2) is 77.5. The average molecular weight is 1340 g/mol. The van der Waals surface area contributed by atoms with E-state index in [2.05, 4.69) is 163 Å². The minimum absolute atomic E-state index is 0.778. The second-order valence-electron chi connectivity index (χ2n) is 14.4. The summed E-state index contributed by atoms with van der Waals surface area (Å²) in [5.74, 6) is 0. The Labute approximate surface area is 559 Å². The van der Waals surface area contributed by atoms with Crippen LogP contribution in [0.5, 0.6) is 0 Å². The Bertz CT molecular complexity index is 2620. The molecule has 0 spiro atoms. The maximum absolute atomic E-state index is 4.58. The zero-order valence-corrected chi connectivity index (χ0v) is 52.7. The number of thiophene rings is 1. The van der Waals surface area contributed by atoms with Crippen molar-refractivity contribution in [2.45, 2.75) is 12.8 Å². The molecule has 4 aliphatic heterocycles. The number of rotatable bonds is 0. The minimum atomic E-state index is 0.778. The van der Waals surface area contributed by atoms with Gasteiger partial charge >= 0.3 is 0 Å². The third kappa shape index (κ3) is 74.7. The smallest absolute Gasteiger partial charge is 0.213 e. The first-order valence-corrected chi connectivity index (χ1v) is 29.0. The van der Waals surface area contributed by atoms with E-state index < -0.39 is 0 Å². The van der Waals surface area contributed by atoms with Gasteiger partial charge in [0.05, 0.1) is 55.9 Å². The molecule has 492 valence electrons. The van der Waals surface area contributed by atoms with Gasteiger partial charge < -0.3 is 26.8 Å². The molecule has 35 heteroatoms. The predicted octanol–water partition coefficient (Wildman–Crippen LogP) is 11.6. The van der Waals surface area contributed by atoms with Crippen molar-refractivity contribution in [3.05, 3.63) is 325 Å². The summed E-state index contributed by atoms with van der Waals surface area (Å²) < 4.78 is 26.2. The van der Waals surface area contributed by atoms with Gasteiger partial charge in [-0.3, -0.25) is 34.9 Å². The average Bonchev–Trinajstić information content (AvgIpc) is 4.51. The lowest BCUT2D eigenvalue weighted by atomic mass is 10.5. The van der Waals surface area contributed by atoms with Crippen molar-refractivity contribution in [3.63, 3.8) is 0 Å². The first kappa shape index (κ1) is 80.4. The number of pyridine rings is 2. The number of aliphatic imine (C=N–C) groups is 2.